The van der Waals surface area contributed by atoms with Crippen molar-refractivity contribution in [2.24, 2.45) is 0 Å². The monoisotopic (exact) mass is 552 g/mol. The number of rotatable bonds is 0. The van der Waals surface area contributed by atoms with E-state index in [-0.39, 0.29) is 0 Å². The van der Waals surface area contributed by atoms with E-state index in [0.717, 1.165) is 6.54 Å². The van der Waals surface area contributed by atoms with Crippen molar-refractivity contribution < 1.29 is 8.42 Å². The normalized spacial score (nSPS) is 17.2. The summed E-state index contributed by atoms with van der Waals surface area (Å²) in [5.41, 5.74) is 0. The third-order valence-corrected chi connectivity index (χ3v) is 21.3. The molecule has 0 saturated carbocycles. The van der Waals surface area contributed by atoms with Crippen molar-refractivity contribution in [1.82, 2.24) is 0 Å². The van der Waals surface area contributed by atoms with Crippen LogP contribution in [0.5, 0.6) is 0 Å². The fraction of sp³-hybridized carbons (Fsp3) is 0. The maximum absolute atomic E-state index is 12.5. The van der Waals surface area contributed by atoms with Crippen LogP contribution in [-0.4, -0.2) is 26.0 Å². The summed E-state index contributed by atoms with van der Waals surface area (Å²) >= 11 is 0.423. The molecule has 0 amide bonds. The van der Waals surface area contributed by atoms with Gasteiger partial charge in [-0.1, -0.05) is 0 Å². The van der Waals surface area contributed by atoms with Crippen molar-refractivity contribution in [3.05, 3.63) is 48.5 Å². The molecule has 86 valence electrons. The van der Waals surface area contributed by atoms with Crippen LogP contribution in [-0.2, 0) is 9.84 Å². The van der Waals surface area contributed by atoms with Crippen LogP contribution in [0.15, 0.2) is 58.3 Å². The van der Waals surface area contributed by atoms with E-state index in [1.54, 1.807) is 24.3 Å². The standard InChI is InChI=1S/C12H8O2S.Bi.HI/c13-15(14,11-7-3-1-4-8-11)12-9-5-2-6-10-12;;/h1-7,9H;;1H/q;+1;/p-1. The Hall–Kier alpha value is 0.00312. The summed E-state index contributed by atoms with van der Waals surface area (Å²) < 4.78 is 27.1. The number of hydrogen-bond donors (Lipinski definition) is 0. The number of sulfone groups is 1. The van der Waals surface area contributed by atoms with Crippen LogP contribution >= 0.6 is 18.0 Å². The Morgan fingerprint density at radius 3 is 1.71 bits per heavy atom. The number of halogens is 1. The van der Waals surface area contributed by atoms with Gasteiger partial charge in [0.15, 0.2) is 0 Å². The second-order valence-electron chi connectivity index (χ2n) is 3.72. The summed E-state index contributed by atoms with van der Waals surface area (Å²) in [5, 5.41) is 0. The van der Waals surface area contributed by atoms with Gasteiger partial charge in [0.2, 0.25) is 0 Å². The van der Waals surface area contributed by atoms with Crippen LogP contribution < -0.4 is 6.54 Å². The summed E-state index contributed by atoms with van der Waals surface area (Å²) in [6, 6.07) is 14.9. The fourth-order valence-corrected chi connectivity index (χ4v) is 22.8. The van der Waals surface area contributed by atoms with Crippen LogP contribution in [0, 0.1) is 0 Å². The molecule has 0 N–H and O–H groups in total. The molecule has 17 heavy (non-hydrogen) atoms. The van der Waals surface area contributed by atoms with Gasteiger partial charge in [-0.2, -0.15) is 0 Å². The topological polar surface area (TPSA) is 34.1 Å². The van der Waals surface area contributed by atoms with Crippen molar-refractivity contribution in [3.63, 3.8) is 0 Å². The molecule has 2 nitrogen and oxygen atoms in total. The van der Waals surface area contributed by atoms with Crippen LogP contribution in [0.25, 0.3) is 0 Å². The van der Waals surface area contributed by atoms with E-state index in [4.69, 9.17) is 0 Å². The van der Waals surface area contributed by atoms with Gasteiger partial charge in [0, 0.05) is 0 Å². The van der Waals surface area contributed by atoms with E-state index >= 15 is 0 Å². The Kier molecular flexibility index (Phi) is 3.04. The van der Waals surface area contributed by atoms with Gasteiger partial charge in [-0.15, -0.1) is 0 Å². The SMILES string of the molecule is O=S1(=O)c2cccc[c]2[Bi]([I])[c]2ccccc21. The van der Waals surface area contributed by atoms with Gasteiger partial charge in [-0.05, 0) is 0 Å². The first-order valence-corrected chi connectivity index (χ1v) is 19.8. The van der Waals surface area contributed by atoms with Crippen molar-refractivity contribution in [2.45, 2.75) is 9.79 Å². The van der Waals surface area contributed by atoms with E-state index in [0.29, 0.717) is 9.79 Å². The molecule has 0 atom stereocenters. The molecule has 1 aliphatic heterocycles. The summed E-state index contributed by atoms with van der Waals surface area (Å²) in [6.07, 6.45) is 0. The van der Waals surface area contributed by atoms with Gasteiger partial charge in [-0.25, -0.2) is 0 Å². The second kappa shape index (κ2) is 4.28. The molecule has 0 unspecified atom stereocenters. The predicted molar refractivity (Wildman–Crippen MR) is 77.4 cm³/mol. The van der Waals surface area contributed by atoms with Crippen molar-refractivity contribution in [1.29, 1.82) is 0 Å². The van der Waals surface area contributed by atoms with Crippen LogP contribution in [0.2, 0.25) is 0 Å². The van der Waals surface area contributed by atoms with E-state index in [9.17, 15) is 8.42 Å². The maximum atomic E-state index is 12.5. The van der Waals surface area contributed by atoms with E-state index in [1.165, 1.54) is 0 Å². The molecule has 5 heteroatoms. The van der Waals surface area contributed by atoms with Crippen LogP contribution in [0.4, 0.5) is 0 Å². The zero-order valence-electron chi connectivity index (χ0n) is 8.67. The minimum absolute atomic E-state index is 0.533. The summed E-state index contributed by atoms with van der Waals surface area (Å²) in [5.74, 6) is 0. The Balaban J connectivity index is 2.42. The molecule has 0 aromatic heterocycles. The Morgan fingerprint density at radius 1 is 0.824 bits per heavy atom. The molecule has 0 saturated heterocycles. The average Bonchev–Trinajstić information content (AvgIpc) is 2.37. The number of benzene rings is 2. The van der Waals surface area contributed by atoms with Gasteiger partial charge in [-0.3, -0.25) is 0 Å². The third-order valence-electron chi connectivity index (χ3n) is 2.73. The Labute approximate surface area is 117 Å². The third kappa shape index (κ3) is 1.78. The molecule has 0 radical (unpaired) electrons. The molecule has 1 aliphatic rings. The van der Waals surface area contributed by atoms with Crippen molar-refractivity contribution >= 4 is 52.0 Å². The molecule has 2 aromatic carbocycles. The molecule has 0 fully saturated rings. The van der Waals surface area contributed by atoms with Gasteiger partial charge in [0.25, 0.3) is 0 Å². The molecule has 1 heterocycles. The average molecular weight is 552 g/mol. The van der Waals surface area contributed by atoms with E-state index < -0.39 is 27.4 Å². The molecule has 0 aliphatic carbocycles. The van der Waals surface area contributed by atoms with E-state index in [2.05, 4.69) is 18.0 Å². The zero-order chi connectivity index (χ0) is 12.0. The summed E-state index contributed by atoms with van der Waals surface area (Å²) in [6.45, 7) is 0. The molecule has 0 bridgehead atoms. The van der Waals surface area contributed by atoms with E-state index in [1.807, 2.05) is 24.3 Å². The predicted octanol–water partition coefficient (Wildman–Crippen LogP) is 1.37. The number of hydrogen-bond acceptors (Lipinski definition) is 2. The molecule has 0 spiro atoms. The van der Waals surface area contributed by atoms with Gasteiger partial charge in [0.05, 0.1) is 0 Å². The first-order chi connectivity index (χ1) is 8.12. The Bertz CT molecular complexity index is 644. The first kappa shape index (κ1) is 12.1. The molecular weight excluding hydrogens is 544 g/mol. The molecule has 3 rings (SSSR count). The summed E-state index contributed by atoms with van der Waals surface area (Å²) in [4.78, 5) is 1.07. The number of fused-ring (bicyclic) bond motifs is 2. The van der Waals surface area contributed by atoms with Gasteiger partial charge < -0.3 is 0 Å². The molecular formula is C12H8BiIO2S. The quantitative estimate of drug-likeness (QED) is 0.366. The van der Waals surface area contributed by atoms with Crippen molar-refractivity contribution in [2.75, 3.05) is 0 Å². The van der Waals surface area contributed by atoms with Gasteiger partial charge >= 0.3 is 119 Å². The van der Waals surface area contributed by atoms with Crippen LogP contribution in [0.3, 0.4) is 0 Å². The van der Waals surface area contributed by atoms with Crippen LogP contribution in [0.1, 0.15) is 0 Å². The summed E-state index contributed by atoms with van der Waals surface area (Å²) in [7, 11) is -3.29. The van der Waals surface area contributed by atoms with Gasteiger partial charge in [0.1, 0.15) is 0 Å². The molecule has 2 aromatic rings. The Morgan fingerprint density at radius 2 is 1.24 bits per heavy atom. The zero-order valence-corrected chi connectivity index (χ0v) is 15.1. The fourth-order valence-electron chi connectivity index (χ4n) is 1.94. The minimum atomic E-state index is -3.29. The first-order valence-electron chi connectivity index (χ1n) is 5.01. The second-order valence-corrected chi connectivity index (χ2v) is 20.0. The van der Waals surface area contributed by atoms with Crippen molar-refractivity contribution in [3.8, 4) is 0 Å².